The van der Waals surface area contributed by atoms with Crippen LogP contribution in [0.2, 0.25) is 0 Å². The molecule has 34 heavy (non-hydrogen) atoms. The van der Waals surface area contributed by atoms with Crippen molar-refractivity contribution in [2.75, 3.05) is 49.5 Å². The Morgan fingerprint density at radius 1 is 0.912 bits per heavy atom. The lowest BCUT2D eigenvalue weighted by Gasteiger charge is -2.34. The van der Waals surface area contributed by atoms with Gasteiger partial charge in [-0.25, -0.2) is 0 Å². The van der Waals surface area contributed by atoms with Crippen molar-refractivity contribution in [1.29, 1.82) is 0 Å². The Balaban J connectivity index is 1.38. The summed E-state index contributed by atoms with van der Waals surface area (Å²) in [6, 6.07) is 11.5. The third kappa shape index (κ3) is 6.12. The summed E-state index contributed by atoms with van der Waals surface area (Å²) in [6.45, 7) is 5.79. The Morgan fingerprint density at radius 2 is 1.53 bits per heavy atom. The number of ether oxygens (including phenoxy) is 1. The van der Waals surface area contributed by atoms with Gasteiger partial charge >= 0.3 is 6.18 Å². The molecule has 8 nitrogen and oxygen atoms in total. The van der Waals surface area contributed by atoms with Gasteiger partial charge in [0.2, 0.25) is 11.9 Å². The monoisotopic (exact) mass is 474 g/mol. The second kappa shape index (κ2) is 10.2. The van der Waals surface area contributed by atoms with Crippen LogP contribution < -0.4 is 15.0 Å². The van der Waals surface area contributed by atoms with Crippen LogP contribution in [-0.4, -0.2) is 64.3 Å². The van der Waals surface area contributed by atoms with E-state index in [1.807, 2.05) is 0 Å². The fourth-order valence-corrected chi connectivity index (χ4v) is 3.56. The highest BCUT2D eigenvalue weighted by molar-refractivity contribution is 5.56. The van der Waals surface area contributed by atoms with Crippen molar-refractivity contribution in [1.82, 2.24) is 19.9 Å². The lowest BCUT2D eigenvalue weighted by Crippen LogP contribution is -2.47. The Kier molecular flexibility index (Phi) is 7.13. The van der Waals surface area contributed by atoms with Crippen LogP contribution in [0.5, 0.6) is 11.5 Å². The molecule has 0 saturated carbocycles. The maximum absolute atomic E-state index is 12.7. The first-order valence-corrected chi connectivity index (χ1v) is 10.8. The van der Waals surface area contributed by atoms with Crippen molar-refractivity contribution in [3.8, 4) is 11.5 Å². The molecule has 0 radical (unpaired) electrons. The third-order valence-corrected chi connectivity index (χ3v) is 5.33. The number of aliphatic hydroxyl groups excluding tert-OH is 1. The normalized spacial score (nSPS) is 14.8. The summed E-state index contributed by atoms with van der Waals surface area (Å²) in [4.78, 5) is 17.6. The zero-order chi connectivity index (χ0) is 24.1. The number of benzene rings is 2. The Bertz CT molecular complexity index is 1090. The number of hydrogen-bond donors (Lipinski definition) is 2. The van der Waals surface area contributed by atoms with E-state index in [2.05, 4.69) is 30.1 Å². The van der Waals surface area contributed by atoms with Gasteiger partial charge in [0.05, 0.1) is 12.2 Å². The molecule has 1 fully saturated rings. The number of rotatable bonds is 7. The second-order valence-electron chi connectivity index (χ2n) is 7.83. The van der Waals surface area contributed by atoms with E-state index in [-0.39, 0.29) is 6.61 Å². The molecule has 3 aromatic rings. The number of aromatic nitrogens is 3. The van der Waals surface area contributed by atoms with E-state index in [0.29, 0.717) is 35.8 Å². The Labute approximate surface area is 195 Å². The van der Waals surface area contributed by atoms with Crippen LogP contribution in [0.3, 0.4) is 0 Å². The van der Waals surface area contributed by atoms with Crippen molar-refractivity contribution in [2.45, 2.75) is 13.1 Å². The first-order chi connectivity index (χ1) is 16.3. The van der Waals surface area contributed by atoms with Gasteiger partial charge in [0.1, 0.15) is 17.3 Å². The number of anilines is 3. The summed E-state index contributed by atoms with van der Waals surface area (Å²) in [7, 11) is 0. The molecule has 180 valence electrons. The minimum atomic E-state index is -4.38. The molecule has 2 N–H and O–H groups in total. The van der Waals surface area contributed by atoms with Crippen molar-refractivity contribution < 1.29 is 23.0 Å². The van der Waals surface area contributed by atoms with E-state index in [0.717, 1.165) is 44.0 Å². The maximum Gasteiger partial charge on any atom is 0.416 e. The summed E-state index contributed by atoms with van der Waals surface area (Å²) in [6.07, 6.45) is -4.38. The van der Waals surface area contributed by atoms with E-state index in [9.17, 15) is 13.2 Å². The Hall–Kier alpha value is -3.44. The summed E-state index contributed by atoms with van der Waals surface area (Å²) in [5.74, 6) is 2.40. The second-order valence-corrected chi connectivity index (χ2v) is 7.83. The number of aliphatic hydroxyl groups is 1. The highest BCUT2D eigenvalue weighted by Gasteiger charge is 2.30. The molecule has 0 spiro atoms. The average Bonchev–Trinajstić information content (AvgIpc) is 2.80. The molecule has 4 rings (SSSR count). The van der Waals surface area contributed by atoms with Crippen molar-refractivity contribution in [2.24, 2.45) is 0 Å². The zero-order valence-corrected chi connectivity index (χ0v) is 18.6. The van der Waals surface area contributed by atoms with Gasteiger partial charge in [-0.05, 0) is 55.5 Å². The molecule has 0 amide bonds. The molecule has 2 heterocycles. The quantitative estimate of drug-likeness (QED) is 0.534. The molecule has 1 aromatic heterocycles. The van der Waals surface area contributed by atoms with Gasteiger partial charge in [-0.2, -0.15) is 28.1 Å². The van der Waals surface area contributed by atoms with Gasteiger partial charge in [0.15, 0.2) is 0 Å². The number of piperazine rings is 1. The zero-order valence-electron chi connectivity index (χ0n) is 18.6. The summed E-state index contributed by atoms with van der Waals surface area (Å²) in [5, 5.41) is 12.3. The number of halogens is 3. The van der Waals surface area contributed by atoms with Crippen molar-refractivity contribution in [3.63, 3.8) is 0 Å². The van der Waals surface area contributed by atoms with E-state index >= 15 is 0 Å². The number of nitrogens with zero attached hydrogens (tertiary/aromatic N) is 5. The lowest BCUT2D eigenvalue weighted by molar-refractivity contribution is -0.137. The first kappa shape index (κ1) is 23.7. The molecule has 0 bridgehead atoms. The summed E-state index contributed by atoms with van der Waals surface area (Å²) in [5.41, 5.74) is 0.00235. The number of hydrogen-bond acceptors (Lipinski definition) is 8. The SMILES string of the molecule is Cc1nc(Nc2ccc(Oc3ccc(C(F)(F)F)cc3)cc2)nc(N2CCN(CCO)CC2)n1. The molecule has 1 aliphatic rings. The van der Waals surface area contributed by atoms with Crippen LogP contribution in [0.1, 0.15) is 11.4 Å². The maximum atomic E-state index is 12.7. The van der Waals surface area contributed by atoms with Gasteiger partial charge in [0.25, 0.3) is 0 Å². The fourth-order valence-electron chi connectivity index (χ4n) is 3.56. The molecule has 2 aromatic carbocycles. The van der Waals surface area contributed by atoms with Gasteiger partial charge in [-0.3, -0.25) is 4.90 Å². The smallest absolute Gasteiger partial charge is 0.416 e. The summed E-state index contributed by atoms with van der Waals surface area (Å²) >= 11 is 0. The van der Waals surface area contributed by atoms with Crippen LogP contribution in [0.4, 0.5) is 30.8 Å². The number of aryl methyl sites for hydroxylation is 1. The molecule has 0 atom stereocenters. The summed E-state index contributed by atoms with van der Waals surface area (Å²) < 4.78 is 43.7. The molecular formula is C23H25F3N6O2. The minimum Gasteiger partial charge on any atom is -0.457 e. The number of alkyl halides is 3. The number of β-amino-alcohol motifs (C(OH)–C–C–N with tert-alkyl or cyclic N) is 1. The molecule has 1 aliphatic heterocycles. The first-order valence-electron chi connectivity index (χ1n) is 10.8. The minimum absolute atomic E-state index is 0.146. The average molecular weight is 474 g/mol. The molecule has 1 saturated heterocycles. The molecule has 0 aliphatic carbocycles. The van der Waals surface area contributed by atoms with E-state index in [4.69, 9.17) is 9.84 Å². The lowest BCUT2D eigenvalue weighted by atomic mass is 10.2. The molecular weight excluding hydrogens is 449 g/mol. The van der Waals surface area contributed by atoms with Gasteiger partial charge < -0.3 is 20.1 Å². The van der Waals surface area contributed by atoms with E-state index < -0.39 is 11.7 Å². The molecule has 0 unspecified atom stereocenters. The van der Waals surface area contributed by atoms with Gasteiger partial charge in [-0.1, -0.05) is 0 Å². The Morgan fingerprint density at radius 3 is 2.12 bits per heavy atom. The third-order valence-electron chi connectivity index (χ3n) is 5.33. The predicted octanol–water partition coefficient (Wildman–Crippen LogP) is 3.85. The van der Waals surface area contributed by atoms with Crippen LogP contribution in [0, 0.1) is 6.92 Å². The van der Waals surface area contributed by atoms with Crippen LogP contribution in [0.25, 0.3) is 0 Å². The fraction of sp³-hybridized carbons (Fsp3) is 0.348. The standard InChI is InChI=1S/C23H25F3N6O2/c1-16-27-21(30-22(28-16)32-12-10-31(11-13-32)14-15-33)29-18-4-8-20(9-5-18)34-19-6-2-17(3-7-19)23(24,25)26/h2-9,33H,10-15H2,1H3,(H,27,28,29,30). The van der Waals surface area contributed by atoms with E-state index in [1.165, 1.54) is 12.1 Å². The van der Waals surface area contributed by atoms with Crippen LogP contribution >= 0.6 is 0 Å². The van der Waals surface area contributed by atoms with Gasteiger partial charge in [0, 0.05) is 38.4 Å². The van der Waals surface area contributed by atoms with Crippen LogP contribution in [-0.2, 0) is 6.18 Å². The van der Waals surface area contributed by atoms with Crippen molar-refractivity contribution >= 4 is 17.6 Å². The van der Waals surface area contributed by atoms with Crippen molar-refractivity contribution in [3.05, 3.63) is 59.9 Å². The largest absolute Gasteiger partial charge is 0.457 e. The van der Waals surface area contributed by atoms with Crippen LogP contribution in [0.15, 0.2) is 48.5 Å². The highest BCUT2D eigenvalue weighted by atomic mass is 19.4. The van der Waals surface area contributed by atoms with Gasteiger partial charge in [-0.15, -0.1) is 0 Å². The van der Waals surface area contributed by atoms with E-state index in [1.54, 1.807) is 31.2 Å². The predicted molar refractivity (Wildman–Crippen MR) is 122 cm³/mol. The highest BCUT2D eigenvalue weighted by Crippen LogP contribution is 2.31. The topological polar surface area (TPSA) is 86.6 Å². The molecule has 11 heteroatoms. The number of nitrogens with one attached hydrogen (secondary N) is 1.